The second kappa shape index (κ2) is 9.08. The number of carboxylic acid groups (broad SMARTS) is 1. The van der Waals surface area contributed by atoms with E-state index in [4.69, 9.17) is 4.74 Å². The van der Waals surface area contributed by atoms with Crippen LogP contribution in [0, 0.1) is 0 Å². The fourth-order valence-electron chi connectivity index (χ4n) is 2.56. The van der Waals surface area contributed by atoms with Gasteiger partial charge in [-0.1, -0.05) is 46.3 Å². The van der Waals surface area contributed by atoms with Gasteiger partial charge in [0.2, 0.25) is 0 Å². The number of hydrogen-bond donors (Lipinski definition) is 1. The first-order valence-electron chi connectivity index (χ1n) is 7.65. The lowest BCUT2D eigenvalue weighted by Gasteiger charge is -2.39. The Bertz CT molecular complexity index is 525. The Labute approximate surface area is 147 Å². The number of nitrogens with zero attached hydrogens (tertiary/aromatic N) is 1. The Hall–Kier alpha value is -1.33. The molecule has 23 heavy (non-hydrogen) atoms. The molecule has 1 N–H and O–H groups in total. The van der Waals surface area contributed by atoms with Gasteiger partial charge in [-0.05, 0) is 38.3 Å². The van der Waals surface area contributed by atoms with Crippen molar-refractivity contribution in [3.8, 4) is 0 Å². The molecular weight excluding hydrogens is 358 g/mol. The van der Waals surface area contributed by atoms with Gasteiger partial charge < -0.3 is 9.84 Å². The highest BCUT2D eigenvalue weighted by Gasteiger charge is 2.32. The molecule has 0 aliphatic carbocycles. The lowest BCUT2D eigenvalue weighted by molar-refractivity contribution is 0.0162. The summed E-state index contributed by atoms with van der Waals surface area (Å²) >= 11 is 3.47. The van der Waals surface area contributed by atoms with Crippen molar-refractivity contribution < 1.29 is 14.6 Å². The van der Waals surface area contributed by atoms with Gasteiger partial charge in [-0.3, -0.25) is 4.90 Å². The van der Waals surface area contributed by atoms with Crippen LogP contribution < -0.4 is 0 Å². The third-order valence-electron chi connectivity index (χ3n) is 3.56. The highest BCUT2D eigenvalue weighted by Crippen LogP contribution is 2.21. The number of alkyl halides is 1. The maximum absolute atomic E-state index is 11.6. The van der Waals surface area contributed by atoms with Crippen molar-refractivity contribution in [2.75, 3.05) is 6.61 Å². The first-order valence-corrected chi connectivity index (χ1v) is 8.77. The molecule has 0 saturated heterocycles. The quantitative estimate of drug-likeness (QED) is 0.516. The molecule has 0 fully saturated rings. The Morgan fingerprint density at radius 1 is 1.39 bits per heavy atom. The Kier molecular flexibility index (Phi) is 7.79. The van der Waals surface area contributed by atoms with Gasteiger partial charge in [0.05, 0.1) is 19.3 Å². The van der Waals surface area contributed by atoms with Crippen LogP contribution in [0.4, 0.5) is 4.79 Å². The summed E-state index contributed by atoms with van der Waals surface area (Å²) < 4.78 is 5.83. The predicted molar refractivity (Wildman–Crippen MR) is 96.9 cm³/mol. The second-order valence-electron chi connectivity index (χ2n) is 6.42. The van der Waals surface area contributed by atoms with Gasteiger partial charge in [0.25, 0.3) is 0 Å². The minimum absolute atomic E-state index is 0.249. The number of hydrogen-bond acceptors (Lipinski definition) is 2. The van der Waals surface area contributed by atoms with E-state index in [0.717, 1.165) is 10.9 Å². The fraction of sp³-hybridized carbons (Fsp3) is 0.500. The van der Waals surface area contributed by atoms with Gasteiger partial charge in [-0.15, -0.1) is 6.58 Å². The lowest BCUT2D eigenvalue weighted by atomic mass is 10.0. The van der Waals surface area contributed by atoms with Crippen LogP contribution in [0.15, 0.2) is 36.9 Å². The van der Waals surface area contributed by atoms with E-state index in [1.54, 1.807) is 6.08 Å². The molecular formula is C18H26BrNO3. The van der Waals surface area contributed by atoms with E-state index in [-0.39, 0.29) is 6.04 Å². The van der Waals surface area contributed by atoms with Crippen LogP contribution in [0.25, 0.3) is 0 Å². The van der Waals surface area contributed by atoms with Gasteiger partial charge in [0.1, 0.15) is 0 Å². The Balaban J connectivity index is 2.76. The number of ether oxygens (including phenoxy) is 1. The van der Waals surface area contributed by atoms with Crippen LogP contribution in [0.1, 0.15) is 38.3 Å². The maximum atomic E-state index is 11.6. The van der Waals surface area contributed by atoms with E-state index in [1.165, 1.54) is 10.5 Å². The topological polar surface area (TPSA) is 49.8 Å². The molecule has 0 aromatic heterocycles. The van der Waals surface area contributed by atoms with Gasteiger partial charge in [-0.2, -0.15) is 0 Å². The average molecular weight is 384 g/mol. The molecule has 4 nitrogen and oxygen atoms in total. The third kappa shape index (κ3) is 5.99. The van der Waals surface area contributed by atoms with Gasteiger partial charge >= 0.3 is 6.09 Å². The lowest BCUT2D eigenvalue weighted by Crippen LogP contribution is -2.52. The number of amides is 1. The van der Waals surface area contributed by atoms with Gasteiger partial charge in [0, 0.05) is 10.9 Å². The van der Waals surface area contributed by atoms with Crippen LogP contribution >= 0.6 is 15.9 Å². The van der Waals surface area contributed by atoms with Crippen molar-refractivity contribution in [2.24, 2.45) is 0 Å². The molecule has 0 spiro atoms. The summed E-state index contributed by atoms with van der Waals surface area (Å²) in [7, 11) is 0. The van der Waals surface area contributed by atoms with Crippen LogP contribution in [0.5, 0.6) is 0 Å². The summed E-state index contributed by atoms with van der Waals surface area (Å²) in [6.07, 6.45) is 1.36. The van der Waals surface area contributed by atoms with Crippen molar-refractivity contribution in [1.29, 1.82) is 0 Å². The summed E-state index contributed by atoms with van der Waals surface area (Å²) in [5, 5.41) is 10.3. The molecule has 0 heterocycles. The van der Waals surface area contributed by atoms with Crippen molar-refractivity contribution in [2.45, 2.75) is 50.7 Å². The van der Waals surface area contributed by atoms with E-state index in [2.05, 4.69) is 22.5 Å². The SMILES string of the molecule is C=CC[C@H](COCc1ccccc1CBr)N(C(=O)O)C(C)(C)C. The molecule has 1 amide bonds. The molecule has 1 aromatic rings. The van der Waals surface area contributed by atoms with E-state index in [0.29, 0.717) is 19.6 Å². The molecule has 1 rings (SSSR count). The molecule has 128 valence electrons. The molecule has 0 unspecified atom stereocenters. The van der Waals surface area contributed by atoms with Crippen LogP contribution in [0.3, 0.4) is 0 Å². The van der Waals surface area contributed by atoms with Gasteiger partial charge in [-0.25, -0.2) is 4.79 Å². The predicted octanol–water partition coefficient (Wildman–Crippen LogP) is 4.82. The smallest absolute Gasteiger partial charge is 0.408 e. The summed E-state index contributed by atoms with van der Waals surface area (Å²) in [6.45, 7) is 10.2. The van der Waals surface area contributed by atoms with Crippen LogP contribution in [0.2, 0.25) is 0 Å². The fourth-order valence-corrected chi connectivity index (χ4v) is 3.11. The molecule has 1 aromatic carbocycles. The summed E-state index contributed by atoms with van der Waals surface area (Å²) in [6, 6.07) is 7.80. The first-order chi connectivity index (χ1) is 10.8. The van der Waals surface area contributed by atoms with Crippen LogP contribution in [-0.4, -0.2) is 34.3 Å². The van der Waals surface area contributed by atoms with Crippen molar-refractivity contribution in [3.63, 3.8) is 0 Å². The van der Waals surface area contributed by atoms with E-state index >= 15 is 0 Å². The Morgan fingerprint density at radius 3 is 2.48 bits per heavy atom. The average Bonchev–Trinajstić information content (AvgIpc) is 2.46. The standard InChI is InChI=1S/C18H26BrNO3/c1-5-8-16(20(17(21)22)18(2,3)4)13-23-12-15-10-7-6-9-14(15)11-19/h5-7,9-10,16H,1,8,11-13H2,2-4H3,(H,21,22)/t16-/m1/s1. The zero-order chi connectivity index (χ0) is 17.5. The van der Waals surface area contributed by atoms with Crippen LogP contribution in [-0.2, 0) is 16.7 Å². The number of carbonyl (C=O) groups is 1. The Morgan fingerprint density at radius 2 is 2.00 bits per heavy atom. The molecule has 0 bridgehead atoms. The monoisotopic (exact) mass is 383 g/mol. The highest BCUT2D eigenvalue weighted by atomic mass is 79.9. The maximum Gasteiger partial charge on any atom is 0.408 e. The third-order valence-corrected chi connectivity index (χ3v) is 4.17. The summed E-state index contributed by atoms with van der Waals surface area (Å²) in [4.78, 5) is 13.1. The summed E-state index contributed by atoms with van der Waals surface area (Å²) in [5.41, 5.74) is 1.80. The normalized spacial score (nSPS) is 12.7. The van der Waals surface area contributed by atoms with E-state index in [1.807, 2.05) is 45.0 Å². The second-order valence-corrected chi connectivity index (χ2v) is 6.98. The minimum Gasteiger partial charge on any atom is -0.465 e. The molecule has 0 aliphatic heterocycles. The summed E-state index contributed by atoms with van der Waals surface area (Å²) in [5.74, 6) is 0. The largest absolute Gasteiger partial charge is 0.465 e. The van der Waals surface area contributed by atoms with E-state index in [9.17, 15) is 9.90 Å². The number of rotatable bonds is 8. The molecule has 1 atom stereocenters. The first kappa shape index (κ1) is 19.7. The zero-order valence-corrected chi connectivity index (χ0v) is 15.7. The number of benzene rings is 1. The molecule has 0 aliphatic rings. The molecule has 0 radical (unpaired) electrons. The zero-order valence-electron chi connectivity index (χ0n) is 14.1. The highest BCUT2D eigenvalue weighted by molar-refractivity contribution is 9.08. The molecule has 0 saturated carbocycles. The van der Waals surface area contributed by atoms with Crippen molar-refractivity contribution in [3.05, 3.63) is 48.0 Å². The minimum atomic E-state index is -0.936. The molecule has 5 heteroatoms. The van der Waals surface area contributed by atoms with Crippen molar-refractivity contribution >= 4 is 22.0 Å². The van der Waals surface area contributed by atoms with Crippen molar-refractivity contribution in [1.82, 2.24) is 4.90 Å². The number of halogens is 1. The van der Waals surface area contributed by atoms with Gasteiger partial charge in [0.15, 0.2) is 0 Å². The van der Waals surface area contributed by atoms with E-state index < -0.39 is 11.6 Å².